The van der Waals surface area contributed by atoms with E-state index in [1.807, 2.05) is 6.07 Å². The molecule has 2 atom stereocenters. The van der Waals surface area contributed by atoms with Crippen molar-refractivity contribution >= 4 is 5.69 Å². The van der Waals surface area contributed by atoms with Crippen LogP contribution in [0.4, 0.5) is 5.69 Å². The Morgan fingerprint density at radius 1 is 1.20 bits per heavy atom. The van der Waals surface area contributed by atoms with Gasteiger partial charge in [-0.2, -0.15) is 0 Å². The van der Waals surface area contributed by atoms with Crippen molar-refractivity contribution in [2.75, 3.05) is 32.2 Å². The van der Waals surface area contributed by atoms with E-state index in [0.29, 0.717) is 12.1 Å². The predicted octanol–water partition coefficient (Wildman–Crippen LogP) is 2.67. The topological polar surface area (TPSA) is 33.7 Å². The third-order valence-electron chi connectivity index (χ3n) is 3.96. The van der Waals surface area contributed by atoms with E-state index in [4.69, 9.17) is 9.47 Å². The van der Waals surface area contributed by atoms with Crippen molar-refractivity contribution in [3.63, 3.8) is 0 Å². The second kappa shape index (κ2) is 6.84. The fourth-order valence-electron chi connectivity index (χ4n) is 2.79. The molecule has 0 spiro atoms. The highest BCUT2D eigenvalue weighted by Crippen LogP contribution is 2.30. The molecule has 0 radical (unpaired) electrons. The van der Waals surface area contributed by atoms with Gasteiger partial charge in [-0.25, -0.2) is 0 Å². The van der Waals surface area contributed by atoms with Gasteiger partial charge in [0.2, 0.25) is 0 Å². The Bertz CT molecular complexity index is 414. The molecule has 0 aliphatic carbocycles. The van der Waals surface area contributed by atoms with Crippen LogP contribution < -0.4 is 19.7 Å². The summed E-state index contributed by atoms with van der Waals surface area (Å²) in [5.41, 5.74) is 1.18. The summed E-state index contributed by atoms with van der Waals surface area (Å²) in [6.07, 6.45) is 2.42. The molecule has 0 bridgehead atoms. The highest BCUT2D eigenvalue weighted by Gasteiger charge is 2.25. The molecule has 4 heteroatoms. The number of piperazine rings is 1. The maximum absolute atomic E-state index is 5.38. The van der Waals surface area contributed by atoms with Crippen LogP contribution in [-0.2, 0) is 0 Å². The number of ether oxygens (including phenoxy) is 2. The number of rotatable bonds is 5. The first-order valence-corrected chi connectivity index (χ1v) is 7.41. The zero-order valence-electron chi connectivity index (χ0n) is 13.0. The first-order chi connectivity index (χ1) is 9.67. The molecule has 1 aromatic carbocycles. The van der Waals surface area contributed by atoms with Gasteiger partial charge in [0, 0.05) is 49.1 Å². The average molecular weight is 278 g/mol. The third-order valence-corrected chi connectivity index (χ3v) is 3.96. The van der Waals surface area contributed by atoms with Crippen molar-refractivity contribution in [2.45, 2.75) is 38.8 Å². The van der Waals surface area contributed by atoms with Gasteiger partial charge in [0.25, 0.3) is 0 Å². The van der Waals surface area contributed by atoms with Crippen molar-refractivity contribution in [3.8, 4) is 11.5 Å². The molecule has 1 saturated heterocycles. The molecule has 112 valence electrons. The van der Waals surface area contributed by atoms with Crippen LogP contribution in [0.5, 0.6) is 11.5 Å². The van der Waals surface area contributed by atoms with Crippen LogP contribution in [0.1, 0.15) is 26.7 Å². The minimum absolute atomic E-state index is 0.472. The summed E-state index contributed by atoms with van der Waals surface area (Å²) in [7, 11) is 3.39. The van der Waals surface area contributed by atoms with Gasteiger partial charge >= 0.3 is 0 Å². The SMILES string of the molecule is CCCC1CN(c2cc(OC)cc(OC)c2)C(C)CN1. The zero-order valence-corrected chi connectivity index (χ0v) is 13.0. The Kier molecular flexibility index (Phi) is 5.12. The molecule has 1 aliphatic rings. The van der Waals surface area contributed by atoms with E-state index in [1.54, 1.807) is 14.2 Å². The third kappa shape index (κ3) is 3.37. The fourth-order valence-corrected chi connectivity index (χ4v) is 2.79. The van der Waals surface area contributed by atoms with E-state index >= 15 is 0 Å². The molecule has 1 N–H and O–H groups in total. The molecule has 1 heterocycles. The number of nitrogens with zero attached hydrogens (tertiary/aromatic N) is 1. The van der Waals surface area contributed by atoms with E-state index in [-0.39, 0.29) is 0 Å². The summed E-state index contributed by atoms with van der Waals surface area (Å²) in [4.78, 5) is 2.45. The highest BCUT2D eigenvalue weighted by atomic mass is 16.5. The largest absolute Gasteiger partial charge is 0.497 e. The first kappa shape index (κ1) is 15.0. The predicted molar refractivity (Wildman–Crippen MR) is 83.1 cm³/mol. The lowest BCUT2D eigenvalue weighted by Crippen LogP contribution is -2.55. The Morgan fingerprint density at radius 3 is 2.40 bits per heavy atom. The van der Waals surface area contributed by atoms with Crippen LogP contribution in [0.15, 0.2) is 18.2 Å². The van der Waals surface area contributed by atoms with Gasteiger partial charge in [0.15, 0.2) is 0 Å². The second-order valence-electron chi connectivity index (χ2n) is 5.47. The van der Waals surface area contributed by atoms with Gasteiger partial charge in [-0.1, -0.05) is 13.3 Å². The lowest BCUT2D eigenvalue weighted by molar-refractivity contribution is 0.380. The molecule has 2 unspecified atom stereocenters. The Hall–Kier alpha value is -1.42. The van der Waals surface area contributed by atoms with Crippen LogP contribution in [0.25, 0.3) is 0 Å². The van der Waals surface area contributed by atoms with E-state index in [2.05, 4.69) is 36.2 Å². The maximum atomic E-state index is 5.38. The van der Waals surface area contributed by atoms with Crippen LogP contribution >= 0.6 is 0 Å². The maximum Gasteiger partial charge on any atom is 0.124 e. The number of methoxy groups -OCH3 is 2. The monoisotopic (exact) mass is 278 g/mol. The number of nitrogens with one attached hydrogen (secondary N) is 1. The molecular formula is C16H26N2O2. The van der Waals surface area contributed by atoms with Crippen LogP contribution in [0, 0.1) is 0 Å². The molecule has 2 rings (SSSR count). The second-order valence-corrected chi connectivity index (χ2v) is 5.47. The summed E-state index contributed by atoms with van der Waals surface area (Å²) in [5.74, 6) is 1.69. The van der Waals surface area contributed by atoms with E-state index in [1.165, 1.54) is 18.5 Å². The van der Waals surface area contributed by atoms with E-state index in [0.717, 1.165) is 24.6 Å². The van der Waals surface area contributed by atoms with Crippen molar-refractivity contribution in [1.29, 1.82) is 0 Å². The summed E-state index contributed by atoms with van der Waals surface area (Å²) < 4.78 is 10.8. The smallest absolute Gasteiger partial charge is 0.124 e. The highest BCUT2D eigenvalue weighted by molar-refractivity contribution is 5.56. The zero-order chi connectivity index (χ0) is 14.5. The van der Waals surface area contributed by atoms with Crippen LogP contribution in [-0.4, -0.2) is 39.4 Å². The van der Waals surface area contributed by atoms with Gasteiger partial charge < -0.3 is 19.7 Å². The quantitative estimate of drug-likeness (QED) is 0.898. The number of hydrogen-bond acceptors (Lipinski definition) is 4. The van der Waals surface area contributed by atoms with Gasteiger partial charge in [-0.3, -0.25) is 0 Å². The summed E-state index contributed by atoms with van der Waals surface area (Å²) in [6, 6.07) is 7.13. The van der Waals surface area contributed by atoms with Crippen LogP contribution in [0.2, 0.25) is 0 Å². The van der Waals surface area contributed by atoms with Crippen molar-refractivity contribution in [1.82, 2.24) is 5.32 Å². The molecule has 1 aromatic rings. The lowest BCUT2D eigenvalue weighted by Gasteiger charge is -2.40. The number of hydrogen-bond donors (Lipinski definition) is 1. The first-order valence-electron chi connectivity index (χ1n) is 7.41. The van der Waals surface area contributed by atoms with Crippen LogP contribution in [0.3, 0.4) is 0 Å². The van der Waals surface area contributed by atoms with Gasteiger partial charge in [0.1, 0.15) is 11.5 Å². The van der Waals surface area contributed by atoms with Crippen molar-refractivity contribution < 1.29 is 9.47 Å². The van der Waals surface area contributed by atoms with Gasteiger partial charge in [-0.15, -0.1) is 0 Å². The molecule has 20 heavy (non-hydrogen) atoms. The van der Waals surface area contributed by atoms with E-state index < -0.39 is 0 Å². The van der Waals surface area contributed by atoms with E-state index in [9.17, 15) is 0 Å². The standard InChI is InChI=1S/C16H26N2O2/c1-5-6-13-11-18(12(2)10-17-13)14-7-15(19-3)9-16(8-14)20-4/h7-9,12-13,17H,5-6,10-11H2,1-4H3. The Labute approximate surface area is 122 Å². The average Bonchev–Trinajstić information content (AvgIpc) is 2.48. The Balaban J connectivity index is 2.23. The Morgan fingerprint density at radius 2 is 1.85 bits per heavy atom. The number of anilines is 1. The molecule has 0 aromatic heterocycles. The lowest BCUT2D eigenvalue weighted by atomic mass is 10.0. The van der Waals surface area contributed by atoms with Crippen molar-refractivity contribution in [3.05, 3.63) is 18.2 Å². The molecule has 4 nitrogen and oxygen atoms in total. The van der Waals surface area contributed by atoms with Crippen molar-refractivity contribution in [2.24, 2.45) is 0 Å². The molecule has 0 amide bonds. The summed E-state index contributed by atoms with van der Waals surface area (Å²) in [6.45, 7) is 6.54. The minimum atomic E-state index is 0.472. The molecule has 1 fully saturated rings. The normalized spacial score (nSPS) is 22.7. The minimum Gasteiger partial charge on any atom is -0.497 e. The molecule has 0 saturated carbocycles. The summed E-state index contributed by atoms with van der Waals surface area (Å²) >= 11 is 0. The van der Waals surface area contributed by atoms with Gasteiger partial charge in [-0.05, 0) is 13.3 Å². The molecular weight excluding hydrogens is 252 g/mol. The summed E-state index contributed by atoms with van der Waals surface area (Å²) in [5, 5.41) is 3.62. The fraction of sp³-hybridized carbons (Fsp3) is 0.625. The molecule has 1 aliphatic heterocycles. The van der Waals surface area contributed by atoms with Gasteiger partial charge in [0.05, 0.1) is 14.2 Å². The number of benzene rings is 1.